The third-order valence-electron chi connectivity index (χ3n) is 4.79. The lowest BCUT2D eigenvalue weighted by atomic mass is 10.2. The highest BCUT2D eigenvalue weighted by Crippen LogP contribution is 2.30. The lowest BCUT2D eigenvalue weighted by Crippen LogP contribution is -2.10. The van der Waals surface area contributed by atoms with E-state index in [4.69, 9.17) is 4.74 Å². The van der Waals surface area contributed by atoms with Crippen LogP contribution in [0.1, 0.15) is 12.6 Å². The Morgan fingerprint density at radius 3 is 2.43 bits per heavy atom. The summed E-state index contributed by atoms with van der Waals surface area (Å²) in [6.45, 7) is 3.48. The standard InChI is InChI=1S/C20H20N6O3S/c1-4-30(27,28)17-9-10-18(26-12-21-11-23-26)24-20(17)19-14(2)25(13-22-19)15-5-7-16(29-3)8-6-15/h5-13H,4H2,1-3H3. The van der Waals surface area contributed by atoms with Crippen LogP contribution in [0.5, 0.6) is 5.75 Å². The van der Waals surface area contributed by atoms with E-state index < -0.39 is 9.84 Å². The van der Waals surface area contributed by atoms with E-state index in [-0.39, 0.29) is 16.3 Å². The Balaban J connectivity index is 1.88. The van der Waals surface area contributed by atoms with Crippen LogP contribution in [0.25, 0.3) is 22.9 Å². The van der Waals surface area contributed by atoms with Gasteiger partial charge in [0, 0.05) is 11.4 Å². The van der Waals surface area contributed by atoms with Gasteiger partial charge in [-0.25, -0.2) is 28.1 Å². The summed E-state index contributed by atoms with van der Waals surface area (Å²) >= 11 is 0. The summed E-state index contributed by atoms with van der Waals surface area (Å²) < 4.78 is 34.0. The Morgan fingerprint density at radius 2 is 1.80 bits per heavy atom. The second-order valence-electron chi connectivity index (χ2n) is 6.51. The summed E-state index contributed by atoms with van der Waals surface area (Å²) in [5, 5.41) is 4.08. The molecule has 0 radical (unpaired) electrons. The van der Waals surface area contributed by atoms with Gasteiger partial charge in [-0.2, -0.15) is 5.10 Å². The molecule has 1 aromatic carbocycles. The van der Waals surface area contributed by atoms with Crippen molar-refractivity contribution < 1.29 is 13.2 Å². The van der Waals surface area contributed by atoms with Gasteiger partial charge in [0.2, 0.25) is 0 Å². The molecule has 0 spiro atoms. The minimum absolute atomic E-state index is 0.0391. The number of imidazole rings is 1. The maximum atomic E-state index is 12.7. The van der Waals surface area contributed by atoms with Crippen LogP contribution in [-0.4, -0.2) is 50.6 Å². The molecular weight excluding hydrogens is 404 g/mol. The molecular formula is C20H20N6O3S. The number of hydrogen-bond donors (Lipinski definition) is 0. The second-order valence-corrected chi connectivity index (χ2v) is 8.75. The number of rotatable bonds is 6. The predicted octanol–water partition coefficient (Wildman–Crippen LogP) is 2.63. The molecule has 4 rings (SSSR count). The fourth-order valence-electron chi connectivity index (χ4n) is 3.11. The van der Waals surface area contributed by atoms with E-state index in [1.807, 2.05) is 35.8 Å². The van der Waals surface area contributed by atoms with Crippen molar-refractivity contribution in [3.05, 3.63) is 61.1 Å². The molecule has 3 aromatic heterocycles. The zero-order valence-corrected chi connectivity index (χ0v) is 17.5. The molecule has 0 N–H and O–H groups in total. The van der Waals surface area contributed by atoms with Crippen LogP contribution in [-0.2, 0) is 9.84 Å². The van der Waals surface area contributed by atoms with Crippen LogP contribution < -0.4 is 4.74 Å². The van der Waals surface area contributed by atoms with Gasteiger partial charge in [-0.15, -0.1) is 0 Å². The first-order chi connectivity index (χ1) is 14.4. The van der Waals surface area contributed by atoms with Gasteiger partial charge in [0.05, 0.1) is 17.8 Å². The quantitative estimate of drug-likeness (QED) is 0.468. The molecule has 30 heavy (non-hydrogen) atoms. The number of pyridine rings is 1. The Labute approximate surface area is 173 Å². The van der Waals surface area contributed by atoms with Gasteiger partial charge in [-0.1, -0.05) is 6.92 Å². The molecule has 0 bridgehead atoms. The molecule has 0 amide bonds. The van der Waals surface area contributed by atoms with Crippen LogP contribution in [0.2, 0.25) is 0 Å². The highest BCUT2D eigenvalue weighted by atomic mass is 32.2. The van der Waals surface area contributed by atoms with E-state index in [1.54, 1.807) is 32.5 Å². The largest absolute Gasteiger partial charge is 0.497 e. The van der Waals surface area contributed by atoms with E-state index in [2.05, 4.69) is 20.1 Å². The van der Waals surface area contributed by atoms with E-state index in [9.17, 15) is 8.42 Å². The summed E-state index contributed by atoms with van der Waals surface area (Å²) in [6.07, 6.45) is 4.54. The number of sulfone groups is 1. The van der Waals surface area contributed by atoms with Gasteiger partial charge in [0.25, 0.3) is 0 Å². The molecule has 3 heterocycles. The summed E-state index contributed by atoms with van der Waals surface area (Å²) in [5.74, 6) is 1.16. The minimum Gasteiger partial charge on any atom is -0.497 e. The van der Waals surface area contributed by atoms with Gasteiger partial charge in [-0.3, -0.25) is 0 Å². The van der Waals surface area contributed by atoms with Crippen molar-refractivity contribution in [3.8, 4) is 28.6 Å². The molecule has 10 heteroatoms. The Kier molecular flexibility index (Phi) is 5.08. The van der Waals surface area contributed by atoms with E-state index in [1.165, 1.54) is 17.3 Å². The van der Waals surface area contributed by atoms with Crippen molar-refractivity contribution in [1.29, 1.82) is 0 Å². The monoisotopic (exact) mass is 424 g/mol. The van der Waals surface area contributed by atoms with Crippen LogP contribution in [0.15, 0.2) is 60.3 Å². The first kappa shape index (κ1) is 19.8. The average Bonchev–Trinajstić information content (AvgIpc) is 3.43. The van der Waals surface area contributed by atoms with E-state index in [0.29, 0.717) is 11.5 Å². The van der Waals surface area contributed by atoms with Crippen LogP contribution in [0, 0.1) is 6.92 Å². The van der Waals surface area contributed by atoms with Crippen molar-refractivity contribution >= 4 is 9.84 Å². The third kappa shape index (κ3) is 3.45. The molecule has 0 saturated carbocycles. The molecule has 0 atom stereocenters. The molecule has 154 valence electrons. The lowest BCUT2D eigenvalue weighted by Gasteiger charge is -2.11. The summed E-state index contributed by atoms with van der Waals surface area (Å²) in [5.41, 5.74) is 2.41. The molecule has 9 nitrogen and oxygen atoms in total. The SMILES string of the molecule is CCS(=O)(=O)c1ccc(-n2cncn2)nc1-c1ncn(-c2ccc(OC)cc2)c1C. The average molecular weight is 424 g/mol. The normalized spacial score (nSPS) is 11.6. The Bertz CT molecular complexity index is 1280. The van der Waals surface area contributed by atoms with Crippen molar-refractivity contribution in [1.82, 2.24) is 29.3 Å². The van der Waals surface area contributed by atoms with Gasteiger partial charge < -0.3 is 9.30 Å². The number of hydrogen-bond acceptors (Lipinski definition) is 7. The number of nitrogens with zero attached hydrogens (tertiary/aromatic N) is 6. The van der Waals surface area contributed by atoms with Crippen LogP contribution >= 0.6 is 0 Å². The van der Waals surface area contributed by atoms with Crippen molar-refractivity contribution in [2.45, 2.75) is 18.7 Å². The first-order valence-corrected chi connectivity index (χ1v) is 10.9. The number of benzene rings is 1. The maximum Gasteiger partial charge on any atom is 0.180 e. The Hall–Kier alpha value is -3.53. The molecule has 4 aromatic rings. The molecule has 0 aliphatic carbocycles. The molecule has 0 fully saturated rings. The van der Waals surface area contributed by atoms with Crippen LogP contribution in [0.4, 0.5) is 0 Å². The fourth-order valence-corrected chi connectivity index (χ4v) is 4.13. The zero-order chi connectivity index (χ0) is 21.3. The maximum absolute atomic E-state index is 12.7. The summed E-state index contributed by atoms with van der Waals surface area (Å²) in [6, 6.07) is 10.7. The first-order valence-electron chi connectivity index (χ1n) is 9.22. The predicted molar refractivity (Wildman–Crippen MR) is 111 cm³/mol. The van der Waals surface area contributed by atoms with E-state index >= 15 is 0 Å². The highest BCUT2D eigenvalue weighted by molar-refractivity contribution is 7.91. The minimum atomic E-state index is -3.52. The van der Waals surface area contributed by atoms with Crippen molar-refractivity contribution in [3.63, 3.8) is 0 Å². The molecule has 0 saturated heterocycles. The smallest absolute Gasteiger partial charge is 0.180 e. The molecule has 0 unspecified atom stereocenters. The van der Waals surface area contributed by atoms with Gasteiger partial charge >= 0.3 is 0 Å². The van der Waals surface area contributed by atoms with Gasteiger partial charge in [-0.05, 0) is 43.3 Å². The number of ether oxygens (including phenoxy) is 1. The zero-order valence-electron chi connectivity index (χ0n) is 16.7. The summed E-state index contributed by atoms with van der Waals surface area (Å²) in [7, 11) is -1.91. The van der Waals surface area contributed by atoms with E-state index in [0.717, 1.165) is 17.1 Å². The molecule has 0 aliphatic rings. The van der Waals surface area contributed by atoms with Gasteiger partial charge in [0.15, 0.2) is 15.7 Å². The third-order valence-corrected chi connectivity index (χ3v) is 6.55. The lowest BCUT2D eigenvalue weighted by molar-refractivity contribution is 0.414. The second kappa shape index (κ2) is 7.71. The fraction of sp³-hybridized carbons (Fsp3) is 0.200. The number of aromatic nitrogens is 6. The highest BCUT2D eigenvalue weighted by Gasteiger charge is 2.24. The van der Waals surface area contributed by atoms with Gasteiger partial charge in [0.1, 0.15) is 36.1 Å². The van der Waals surface area contributed by atoms with Crippen molar-refractivity contribution in [2.24, 2.45) is 0 Å². The topological polar surface area (TPSA) is 105 Å². The molecule has 0 aliphatic heterocycles. The van der Waals surface area contributed by atoms with Crippen LogP contribution in [0.3, 0.4) is 0 Å². The summed E-state index contributed by atoms with van der Waals surface area (Å²) in [4.78, 5) is 13.1. The Morgan fingerprint density at radius 1 is 1.03 bits per heavy atom. The van der Waals surface area contributed by atoms with Crippen molar-refractivity contribution in [2.75, 3.05) is 12.9 Å². The number of methoxy groups -OCH3 is 1.